The number of para-hydroxylation sites is 1. The number of ether oxygens (including phenoxy) is 2. The molecule has 0 radical (unpaired) electrons. The second-order valence-corrected chi connectivity index (χ2v) is 8.15. The molecule has 2 saturated heterocycles. The summed E-state index contributed by atoms with van der Waals surface area (Å²) in [5, 5.41) is 3.53. The van der Waals surface area contributed by atoms with Crippen molar-refractivity contribution in [3.8, 4) is 0 Å². The minimum Gasteiger partial charge on any atom is -0.381 e. The van der Waals surface area contributed by atoms with Gasteiger partial charge in [-0.3, -0.25) is 4.99 Å². The number of rotatable bonds is 6. The van der Waals surface area contributed by atoms with Gasteiger partial charge in [-0.2, -0.15) is 0 Å². The zero-order chi connectivity index (χ0) is 21.3. The number of halogens is 1. The molecule has 0 spiro atoms. The molecule has 2 fully saturated rings. The molecule has 2 aliphatic rings. The Morgan fingerprint density at radius 1 is 0.969 bits per heavy atom. The molecule has 0 amide bonds. The number of piperazine rings is 1. The summed E-state index contributed by atoms with van der Waals surface area (Å²) in [6, 6.07) is 19.3. The average molecular weight is 550 g/mol. The van der Waals surface area contributed by atoms with Crippen LogP contribution in [0.3, 0.4) is 0 Å². The Hall–Kier alpha value is -1.84. The molecule has 0 aromatic heterocycles. The molecule has 174 valence electrons. The first-order valence-corrected chi connectivity index (χ1v) is 11.3. The maximum absolute atomic E-state index is 6.02. The van der Waals surface area contributed by atoms with Crippen LogP contribution >= 0.6 is 24.0 Å². The van der Waals surface area contributed by atoms with Gasteiger partial charge < -0.3 is 24.6 Å². The van der Waals surface area contributed by atoms with Crippen molar-refractivity contribution in [2.75, 3.05) is 51.3 Å². The summed E-state index contributed by atoms with van der Waals surface area (Å²) in [7, 11) is 1.86. The van der Waals surface area contributed by atoms with E-state index < -0.39 is 0 Å². The van der Waals surface area contributed by atoms with E-state index in [1.807, 2.05) is 7.05 Å². The molecule has 0 saturated carbocycles. The normalized spacial score (nSPS) is 17.7. The van der Waals surface area contributed by atoms with E-state index in [4.69, 9.17) is 9.47 Å². The van der Waals surface area contributed by atoms with Gasteiger partial charge in [-0.15, -0.1) is 24.0 Å². The van der Waals surface area contributed by atoms with Crippen molar-refractivity contribution < 1.29 is 9.47 Å². The van der Waals surface area contributed by atoms with Crippen LogP contribution in [-0.4, -0.2) is 63.4 Å². The molecule has 4 rings (SSSR count). The topological polar surface area (TPSA) is 49.3 Å². The fourth-order valence-electron chi connectivity index (χ4n) is 4.14. The molecule has 0 atom stereocenters. The zero-order valence-corrected chi connectivity index (χ0v) is 21.2. The lowest BCUT2D eigenvalue weighted by Crippen LogP contribution is -2.52. The highest BCUT2D eigenvalue weighted by Gasteiger charge is 2.19. The third kappa shape index (κ3) is 7.08. The fourth-order valence-corrected chi connectivity index (χ4v) is 4.14. The number of guanidine groups is 1. The van der Waals surface area contributed by atoms with Crippen molar-refractivity contribution in [2.24, 2.45) is 4.99 Å². The number of benzene rings is 2. The Morgan fingerprint density at radius 2 is 1.62 bits per heavy atom. The van der Waals surface area contributed by atoms with Gasteiger partial charge >= 0.3 is 0 Å². The second-order valence-electron chi connectivity index (χ2n) is 8.15. The van der Waals surface area contributed by atoms with E-state index in [0.717, 1.165) is 64.7 Å². The Labute approximate surface area is 209 Å². The molecule has 6 nitrogen and oxygen atoms in total. The van der Waals surface area contributed by atoms with Crippen LogP contribution in [-0.2, 0) is 22.6 Å². The van der Waals surface area contributed by atoms with Gasteiger partial charge in [0.25, 0.3) is 0 Å². The van der Waals surface area contributed by atoms with E-state index in [1.165, 1.54) is 16.8 Å². The first-order valence-electron chi connectivity index (χ1n) is 11.3. The van der Waals surface area contributed by atoms with Crippen molar-refractivity contribution in [1.29, 1.82) is 0 Å². The Bertz CT molecular complexity index is 818. The third-order valence-corrected chi connectivity index (χ3v) is 6.04. The van der Waals surface area contributed by atoms with Crippen LogP contribution in [0.2, 0.25) is 0 Å². The van der Waals surface area contributed by atoms with Gasteiger partial charge in [0.2, 0.25) is 0 Å². The SMILES string of the molecule is CN=C(NCc1ccc(COC2CCOCC2)cc1)N1CCN(c2ccccc2)CC1.I. The summed E-state index contributed by atoms with van der Waals surface area (Å²) in [5.74, 6) is 0.972. The summed E-state index contributed by atoms with van der Waals surface area (Å²) >= 11 is 0. The summed E-state index contributed by atoms with van der Waals surface area (Å²) in [6.45, 7) is 7.03. The van der Waals surface area contributed by atoms with Crippen LogP contribution in [0.1, 0.15) is 24.0 Å². The van der Waals surface area contributed by atoms with Crippen LogP contribution in [0.4, 0.5) is 5.69 Å². The van der Waals surface area contributed by atoms with E-state index in [1.54, 1.807) is 0 Å². The van der Waals surface area contributed by atoms with E-state index in [2.05, 4.69) is 74.7 Å². The largest absolute Gasteiger partial charge is 0.381 e. The van der Waals surface area contributed by atoms with Gasteiger partial charge in [0.1, 0.15) is 0 Å². The predicted octanol–water partition coefficient (Wildman–Crippen LogP) is 3.90. The molecule has 32 heavy (non-hydrogen) atoms. The molecule has 2 aromatic rings. The number of nitrogens with one attached hydrogen (secondary N) is 1. The van der Waals surface area contributed by atoms with Gasteiger partial charge in [-0.25, -0.2) is 0 Å². The van der Waals surface area contributed by atoms with Gasteiger partial charge in [-0.05, 0) is 36.1 Å². The highest BCUT2D eigenvalue weighted by molar-refractivity contribution is 14.0. The van der Waals surface area contributed by atoms with Crippen molar-refractivity contribution in [1.82, 2.24) is 10.2 Å². The van der Waals surface area contributed by atoms with Crippen LogP contribution in [0.15, 0.2) is 59.6 Å². The summed E-state index contributed by atoms with van der Waals surface area (Å²) in [6.07, 6.45) is 2.34. The smallest absolute Gasteiger partial charge is 0.194 e. The fraction of sp³-hybridized carbons (Fsp3) is 0.480. The van der Waals surface area contributed by atoms with Crippen molar-refractivity contribution >= 4 is 35.6 Å². The molecule has 2 aromatic carbocycles. The van der Waals surface area contributed by atoms with Gasteiger partial charge in [-0.1, -0.05) is 42.5 Å². The molecule has 0 unspecified atom stereocenters. The van der Waals surface area contributed by atoms with E-state index in [0.29, 0.717) is 12.7 Å². The molecule has 2 aliphatic heterocycles. The molecule has 0 aliphatic carbocycles. The van der Waals surface area contributed by atoms with Crippen molar-refractivity contribution in [2.45, 2.75) is 32.1 Å². The molecule has 7 heteroatoms. The molecule has 0 bridgehead atoms. The first kappa shape index (κ1) is 24.8. The van der Waals surface area contributed by atoms with E-state index in [-0.39, 0.29) is 24.0 Å². The summed E-state index contributed by atoms with van der Waals surface area (Å²) < 4.78 is 11.4. The predicted molar refractivity (Wildman–Crippen MR) is 141 cm³/mol. The molecule has 2 heterocycles. The maximum Gasteiger partial charge on any atom is 0.194 e. The zero-order valence-electron chi connectivity index (χ0n) is 18.9. The number of hydrogen-bond donors (Lipinski definition) is 1. The van der Waals surface area contributed by atoms with Gasteiger partial charge in [0.05, 0.1) is 12.7 Å². The monoisotopic (exact) mass is 550 g/mol. The average Bonchev–Trinajstić information content (AvgIpc) is 2.85. The molecule has 1 N–H and O–H groups in total. The number of aliphatic imine (C=N–C) groups is 1. The summed E-state index contributed by atoms with van der Waals surface area (Å²) in [4.78, 5) is 9.28. The first-order chi connectivity index (χ1) is 15.3. The lowest BCUT2D eigenvalue weighted by Gasteiger charge is -2.37. The minimum atomic E-state index is 0. The lowest BCUT2D eigenvalue weighted by atomic mass is 10.1. The Kier molecular flexibility index (Phi) is 10.1. The van der Waals surface area contributed by atoms with Gasteiger partial charge in [0, 0.05) is 58.7 Å². The van der Waals surface area contributed by atoms with Crippen LogP contribution in [0.5, 0.6) is 0 Å². The van der Waals surface area contributed by atoms with E-state index >= 15 is 0 Å². The number of anilines is 1. The Balaban J connectivity index is 0.00000289. The van der Waals surface area contributed by atoms with Crippen LogP contribution in [0.25, 0.3) is 0 Å². The highest BCUT2D eigenvalue weighted by Crippen LogP contribution is 2.16. The second kappa shape index (κ2) is 13.0. The molecular formula is C25H35IN4O2. The molecular weight excluding hydrogens is 515 g/mol. The lowest BCUT2D eigenvalue weighted by molar-refractivity contribution is -0.0390. The summed E-state index contributed by atoms with van der Waals surface area (Å²) in [5.41, 5.74) is 3.77. The van der Waals surface area contributed by atoms with Crippen LogP contribution in [0, 0.1) is 0 Å². The van der Waals surface area contributed by atoms with Gasteiger partial charge in [0.15, 0.2) is 5.96 Å². The number of hydrogen-bond acceptors (Lipinski definition) is 4. The van der Waals surface area contributed by atoms with Crippen LogP contribution < -0.4 is 10.2 Å². The quantitative estimate of drug-likeness (QED) is 0.336. The minimum absolute atomic E-state index is 0. The van der Waals surface area contributed by atoms with Crippen molar-refractivity contribution in [3.05, 3.63) is 65.7 Å². The van der Waals surface area contributed by atoms with Crippen molar-refractivity contribution in [3.63, 3.8) is 0 Å². The standard InChI is InChI=1S/C25H34N4O2.HI/c1-26-25(29-15-13-28(14-16-29)23-5-3-2-4-6-23)27-19-21-7-9-22(10-8-21)20-31-24-11-17-30-18-12-24;/h2-10,24H,11-20H2,1H3,(H,26,27);1H. The number of nitrogens with zero attached hydrogens (tertiary/aromatic N) is 3. The maximum atomic E-state index is 6.02. The highest BCUT2D eigenvalue weighted by atomic mass is 127. The Morgan fingerprint density at radius 3 is 2.28 bits per heavy atom. The third-order valence-electron chi connectivity index (χ3n) is 6.04. The van der Waals surface area contributed by atoms with E-state index in [9.17, 15) is 0 Å².